The van der Waals surface area contributed by atoms with Gasteiger partial charge < -0.3 is 15.2 Å². The van der Waals surface area contributed by atoms with E-state index in [1.807, 2.05) is 17.5 Å². The number of amides is 1. The largest absolute Gasteiger partial charge is 0.497 e. The molecule has 1 amide bonds. The van der Waals surface area contributed by atoms with E-state index in [1.54, 1.807) is 48.8 Å². The molecule has 2 aromatic rings. The van der Waals surface area contributed by atoms with Crippen LogP contribution in [0.2, 0.25) is 0 Å². The Kier molecular flexibility index (Phi) is 5.54. The van der Waals surface area contributed by atoms with Crippen molar-refractivity contribution in [3.63, 3.8) is 0 Å². The fourth-order valence-electron chi connectivity index (χ4n) is 1.74. The van der Waals surface area contributed by atoms with Gasteiger partial charge in [-0.25, -0.2) is 0 Å². The molecular formula is C16H17NO3S. The van der Waals surface area contributed by atoms with Gasteiger partial charge in [0.1, 0.15) is 5.75 Å². The molecule has 0 saturated carbocycles. The predicted molar refractivity (Wildman–Crippen MR) is 84.3 cm³/mol. The number of carbonyl (C=O) groups excluding carboxylic acids is 1. The van der Waals surface area contributed by atoms with Crippen LogP contribution >= 0.6 is 11.3 Å². The fraction of sp³-hybridized carbons (Fsp3) is 0.188. The number of carbonyl (C=O) groups is 1. The molecule has 1 aromatic carbocycles. The van der Waals surface area contributed by atoms with Gasteiger partial charge in [0, 0.05) is 17.5 Å². The maximum Gasteiger partial charge on any atom is 0.244 e. The summed E-state index contributed by atoms with van der Waals surface area (Å²) in [5.74, 6) is 0.504. The summed E-state index contributed by atoms with van der Waals surface area (Å²) in [6.45, 7) is 0.167. The molecule has 0 aliphatic rings. The Balaban J connectivity index is 1.82. The molecule has 0 radical (unpaired) electrons. The molecule has 0 bridgehead atoms. The van der Waals surface area contributed by atoms with Crippen molar-refractivity contribution in [1.29, 1.82) is 0 Å². The Morgan fingerprint density at radius 2 is 2.14 bits per heavy atom. The molecule has 1 atom stereocenters. The van der Waals surface area contributed by atoms with Gasteiger partial charge in [-0.2, -0.15) is 0 Å². The van der Waals surface area contributed by atoms with E-state index in [0.29, 0.717) is 0 Å². The van der Waals surface area contributed by atoms with Gasteiger partial charge >= 0.3 is 0 Å². The van der Waals surface area contributed by atoms with E-state index in [0.717, 1.165) is 16.2 Å². The first kappa shape index (κ1) is 15.3. The zero-order chi connectivity index (χ0) is 15.1. The smallest absolute Gasteiger partial charge is 0.244 e. The second-order valence-corrected chi connectivity index (χ2v) is 5.36. The van der Waals surface area contributed by atoms with Crippen LogP contribution in [0.15, 0.2) is 47.9 Å². The molecule has 0 aliphatic carbocycles. The lowest BCUT2D eigenvalue weighted by atomic mass is 10.1. The molecule has 2 N–H and O–H groups in total. The van der Waals surface area contributed by atoms with Crippen LogP contribution in [0.25, 0.3) is 6.08 Å². The van der Waals surface area contributed by atoms with Gasteiger partial charge in [0.25, 0.3) is 0 Å². The van der Waals surface area contributed by atoms with Crippen LogP contribution < -0.4 is 10.1 Å². The van der Waals surface area contributed by atoms with Gasteiger partial charge in [-0.3, -0.25) is 4.79 Å². The van der Waals surface area contributed by atoms with Gasteiger partial charge in [0.05, 0.1) is 13.2 Å². The van der Waals surface area contributed by atoms with Crippen LogP contribution in [-0.4, -0.2) is 24.7 Å². The highest BCUT2D eigenvalue weighted by molar-refractivity contribution is 7.10. The van der Waals surface area contributed by atoms with Crippen molar-refractivity contribution in [3.05, 3.63) is 58.3 Å². The van der Waals surface area contributed by atoms with Crippen molar-refractivity contribution < 1.29 is 14.6 Å². The zero-order valence-electron chi connectivity index (χ0n) is 11.7. The lowest BCUT2D eigenvalue weighted by Gasteiger charge is -2.11. The summed E-state index contributed by atoms with van der Waals surface area (Å²) in [4.78, 5) is 12.7. The van der Waals surface area contributed by atoms with E-state index in [4.69, 9.17) is 4.74 Å². The summed E-state index contributed by atoms with van der Waals surface area (Å²) in [7, 11) is 1.59. The molecule has 0 saturated heterocycles. The normalized spacial score (nSPS) is 12.3. The molecule has 2 rings (SSSR count). The molecule has 4 nitrogen and oxygen atoms in total. The van der Waals surface area contributed by atoms with Gasteiger partial charge in [0.2, 0.25) is 5.91 Å². The number of ether oxygens (including phenoxy) is 1. The molecule has 0 spiro atoms. The minimum atomic E-state index is -0.741. The minimum absolute atomic E-state index is 0.167. The first-order chi connectivity index (χ1) is 10.2. The van der Waals surface area contributed by atoms with Gasteiger partial charge in [-0.1, -0.05) is 18.2 Å². The standard InChI is InChI=1S/C16H17NO3S/c1-20-13-6-4-12(5-7-13)15(18)11-17-16(19)9-8-14-3-2-10-21-14/h2-10,15,18H,11H2,1H3,(H,17,19)/b9-8+. The van der Waals surface area contributed by atoms with E-state index in [1.165, 1.54) is 6.08 Å². The Bertz CT molecular complexity index is 590. The number of methoxy groups -OCH3 is 1. The Labute approximate surface area is 127 Å². The van der Waals surface area contributed by atoms with Gasteiger partial charge in [-0.15, -0.1) is 11.3 Å². The molecule has 1 aromatic heterocycles. The predicted octanol–water partition coefficient (Wildman–Crippen LogP) is 2.62. The maximum atomic E-state index is 11.7. The van der Waals surface area contributed by atoms with E-state index >= 15 is 0 Å². The Hall–Kier alpha value is -2.11. The molecule has 0 fully saturated rings. The zero-order valence-corrected chi connectivity index (χ0v) is 12.5. The lowest BCUT2D eigenvalue weighted by molar-refractivity contribution is -0.116. The highest BCUT2D eigenvalue weighted by Gasteiger charge is 2.08. The van der Waals surface area contributed by atoms with E-state index in [-0.39, 0.29) is 12.5 Å². The molecule has 0 aliphatic heterocycles. The van der Waals surface area contributed by atoms with Crippen LogP contribution in [0.1, 0.15) is 16.5 Å². The summed E-state index contributed by atoms with van der Waals surface area (Å²) in [6.07, 6.45) is 2.47. The van der Waals surface area contributed by atoms with Crippen LogP contribution in [0, 0.1) is 0 Å². The number of thiophene rings is 1. The summed E-state index contributed by atoms with van der Waals surface area (Å²) < 4.78 is 5.05. The first-order valence-corrected chi connectivity index (χ1v) is 7.38. The van der Waals surface area contributed by atoms with Crippen molar-refractivity contribution in [2.45, 2.75) is 6.10 Å². The molecular weight excluding hydrogens is 286 g/mol. The van der Waals surface area contributed by atoms with Gasteiger partial charge in [-0.05, 0) is 35.2 Å². The third kappa shape index (κ3) is 4.73. The number of hydrogen-bond donors (Lipinski definition) is 2. The summed E-state index contributed by atoms with van der Waals surface area (Å²) in [6, 6.07) is 11.0. The maximum absolute atomic E-state index is 11.7. The summed E-state index contributed by atoms with van der Waals surface area (Å²) >= 11 is 1.56. The number of nitrogens with one attached hydrogen (secondary N) is 1. The third-order valence-electron chi connectivity index (χ3n) is 2.91. The van der Waals surface area contributed by atoms with Crippen molar-refractivity contribution in [1.82, 2.24) is 5.32 Å². The second-order valence-electron chi connectivity index (χ2n) is 4.38. The lowest BCUT2D eigenvalue weighted by Crippen LogP contribution is -2.26. The Morgan fingerprint density at radius 1 is 1.38 bits per heavy atom. The molecule has 21 heavy (non-hydrogen) atoms. The molecule has 110 valence electrons. The Morgan fingerprint density at radius 3 is 2.76 bits per heavy atom. The van der Waals surface area contributed by atoms with Crippen molar-refractivity contribution in [2.75, 3.05) is 13.7 Å². The molecule has 1 unspecified atom stereocenters. The number of benzene rings is 1. The average molecular weight is 303 g/mol. The number of aliphatic hydroxyl groups excluding tert-OH is 1. The average Bonchev–Trinajstić information content (AvgIpc) is 3.04. The van der Waals surface area contributed by atoms with Crippen molar-refractivity contribution in [3.8, 4) is 5.75 Å². The minimum Gasteiger partial charge on any atom is -0.497 e. The second kappa shape index (κ2) is 7.61. The van der Waals surface area contributed by atoms with Crippen molar-refractivity contribution in [2.24, 2.45) is 0 Å². The van der Waals surface area contributed by atoms with Crippen LogP contribution in [0.5, 0.6) is 5.75 Å². The topological polar surface area (TPSA) is 58.6 Å². The highest BCUT2D eigenvalue weighted by atomic mass is 32.1. The first-order valence-electron chi connectivity index (χ1n) is 6.50. The quantitative estimate of drug-likeness (QED) is 0.807. The number of hydrogen-bond acceptors (Lipinski definition) is 4. The van der Waals surface area contributed by atoms with E-state index in [2.05, 4.69) is 5.32 Å². The molecule has 5 heteroatoms. The monoisotopic (exact) mass is 303 g/mol. The SMILES string of the molecule is COc1ccc(C(O)CNC(=O)/C=C/c2cccs2)cc1. The summed E-state index contributed by atoms with van der Waals surface area (Å²) in [5, 5.41) is 14.6. The van der Waals surface area contributed by atoms with E-state index < -0.39 is 6.10 Å². The van der Waals surface area contributed by atoms with E-state index in [9.17, 15) is 9.90 Å². The molecule has 1 heterocycles. The fourth-order valence-corrected chi connectivity index (χ4v) is 2.36. The highest BCUT2D eigenvalue weighted by Crippen LogP contribution is 2.17. The van der Waals surface area contributed by atoms with Crippen LogP contribution in [-0.2, 0) is 4.79 Å². The van der Waals surface area contributed by atoms with Crippen LogP contribution in [0.4, 0.5) is 0 Å². The summed E-state index contributed by atoms with van der Waals surface area (Å²) in [5.41, 5.74) is 0.735. The van der Waals surface area contributed by atoms with Crippen LogP contribution in [0.3, 0.4) is 0 Å². The number of rotatable bonds is 6. The van der Waals surface area contributed by atoms with Crippen molar-refractivity contribution >= 4 is 23.3 Å². The number of aliphatic hydroxyl groups is 1. The third-order valence-corrected chi connectivity index (χ3v) is 3.75. The van der Waals surface area contributed by atoms with Gasteiger partial charge in [0.15, 0.2) is 0 Å².